The highest BCUT2D eigenvalue weighted by Crippen LogP contribution is 2.53. The molecule has 0 aromatic heterocycles. The number of phenols is 1. The van der Waals surface area contributed by atoms with Gasteiger partial charge in [-0.05, 0) is 67.7 Å². The van der Waals surface area contributed by atoms with E-state index in [0.29, 0.717) is 16.7 Å². The molecule has 10 nitrogen and oxygen atoms in total. The molecule has 0 bridgehead atoms. The number of likely N-dealkylation sites (N-methyl/N-ethyl adjacent to an activating group) is 1. The molecule has 2 fully saturated rings. The maximum atomic E-state index is 14.0. The number of rotatable bonds is 4. The van der Waals surface area contributed by atoms with Gasteiger partial charge in [-0.25, -0.2) is 4.39 Å². The van der Waals surface area contributed by atoms with E-state index in [1.807, 2.05) is 0 Å². The molecule has 1 amide bonds. The van der Waals surface area contributed by atoms with E-state index >= 15 is 0 Å². The van der Waals surface area contributed by atoms with Gasteiger partial charge < -0.3 is 36.8 Å². The smallest absolute Gasteiger partial charge is 0.230 e. The molecule has 11 heteroatoms. The van der Waals surface area contributed by atoms with E-state index in [4.69, 9.17) is 11.5 Å². The van der Waals surface area contributed by atoms with Crippen LogP contribution in [0.15, 0.2) is 35.9 Å². The molecule has 8 N–H and O–H groups in total. The number of amides is 1. The van der Waals surface area contributed by atoms with Gasteiger partial charge in [-0.15, -0.1) is 0 Å². The van der Waals surface area contributed by atoms with Gasteiger partial charge >= 0.3 is 0 Å². The maximum absolute atomic E-state index is 14.0. The number of fused-ring (bicyclic) bond motifs is 3. The Hall–Kier alpha value is -3.64. The summed E-state index contributed by atoms with van der Waals surface area (Å²) in [6.45, 7) is -0.111. The van der Waals surface area contributed by atoms with Crippen molar-refractivity contribution in [1.82, 2.24) is 4.90 Å². The second kappa shape index (κ2) is 9.23. The van der Waals surface area contributed by atoms with Crippen LogP contribution < -0.4 is 11.5 Å². The number of halogens is 1. The lowest BCUT2D eigenvalue weighted by Gasteiger charge is -2.53. The first-order valence-corrected chi connectivity index (χ1v) is 12.6. The monoisotopic (exact) mass is 539 g/mol. The second-order valence-electron chi connectivity index (χ2n) is 10.8. The fourth-order valence-electron chi connectivity index (χ4n) is 6.77. The molecular formula is C28H30FN3O7. The minimum absolute atomic E-state index is 0.000458. The summed E-state index contributed by atoms with van der Waals surface area (Å²) in [7, 11) is 3.18. The Labute approximate surface area is 223 Å². The lowest BCUT2D eigenvalue weighted by molar-refractivity contribution is -0.184. The number of primary amides is 1. The summed E-state index contributed by atoms with van der Waals surface area (Å²) < 4.78 is 13.7. The Balaban J connectivity index is 1.74. The summed E-state index contributed by atoms with van der Waals surface area (Å²) in [5.41, 5.74) is 10.1. The van der Waals surface area contributed by atoms with Crippen molar-refractivity contribution in [3.05, 3.63) is 58.4 Å². The number of nitrogens with zero attached hydrogens (tertiary/aromatic N) is 1. The van der Waals surface area contributed by atoms with Crippen molar-refractivity contribution in [2.24, 2.45) is 29.2 Å². The van der Waals surface area contributed by atoms with E-state index < -0.39 is 64.6 Å². The number of hydrogen-bond acceptors (Lipinski definition) is 9. The number of ketones is 2. The SMILES string of the molecule is CN(C)[C@H]1C(O)C(C(N)=O)C(=O)[C@]2(O)C(=O)C3=C(O)c4c(O)c(CN)cc(-c5ccc(F)cc5)c4C[C@@H]3C[C@H]12. The number of nitrogens with two attached hydrogens (primary N) is 2. The molecule has 2 aromatic rings. The molecule has 0 spiro atoms. The van der Waals surface area contributed by atoms with Crippen LogP contribution in [0.25, 0.3) is 16.9 Å². The van der Waals surface area contributed by atoms with Crippen LogP contribution in [0.2, 0.25) is 0 Å². The fourth-order valence-corrected chi connectivity index (χ4v) is 6.77. The molecule has 0 saturated heterocycles. The number of Topliss-reactive ketones (excluding diaryl/α,β-unsaturated/α-hetero) is 2. The maximum Gasteiger partial charge on any atom is 0.230 e. The number of carbonyl (C=O) groups is 3. The average molecular weight is 540 g/mol. The summed E-state index contributed by atoms with van der Waals surface area (Å²) >= 11 is 0. The highest BCUT2D eigenvalue weighted by molar-refractivity contribution is 6.25. The first-order chi connectivity index (χ1) is 18.3. The van der Waals surface area contributed by atoms with Crippen molar-refractivity contribution >= 4 is 23.2 Å². The van der Waals surface area contributed by atoms with E-state index in [-0.39, 0.29) is 41.8 Å². The van der Waals surface area contributed by atoms with Gasteiger partial charge in [-0.3, -0.25) is 14.4 Å². The van der Waals surface area contributed by atoms with E-state index in [0.717, 1.165) is 0 Å². The lowest BCUT2D eigenvalue weighted by Crippen LogP contribution is -2.73. The Morgan fingerprint density at radius 3 is 2.38 bits per heavy atom. The van der Waals surface area contributed by atoms with Crippen LogP contribution in [0.3, 0.4) is 0 Å². The predicted octanol–water partition coefficient (Wildman–Crippen LogP) is 0.394. The molecule has 3 aliphatic rings. The highest BCUT2D eigenvalue weighted by Gasteiger charge is 2.67. The van der Waals surface area contributed by atoms with Gasteiger partial charge in [-0.1, -0.05) is 12.1 Å². The first kappa shape index (κ1) is 26.9. The normalized spacial score (nSPS) is 30.2. The number of hydrogen-bond donors (Lipinski definition) is 6. The number of benzene rings is 2. The zero-order chi connectivity index (χ0) is 28.5. The van der Waals surface area contributed by atoms with Gasteiger partial charge in [-0.2, -0.15) is 0 Å². The van der Waals surface area contributed by atoms with Gasteiger partial charge in [0.05, 0.1) is 11.7 Å². The quantitative estimate of drug-likeness (QED) is 0.299. The van der Waals surface area contributed by atoms with E-state index in [1.54, 1.807) is 32.3 Å². The largest absolute Gasteiger partial charge is 0.507 e. The minimum atomic E-state index is -2.73. The van der Waals surface area contributed by atoms with Gasteiger partial charge in [0, 0.05) is 29.6 Å². The van der Waals surface area contributed by atoms with Crippen LogP contribution in [-0.4, -0.2) is 74.6 Å². The third-order valence-electron chi connectivity index (χ3n) is 8.54. The van der Waals surface area contributed by atoms with E-state index in [2.05, 4.69) is 0 Å². The molecule has 2 unspecified atom stereocenters. The minimum Gasteiger partial charge on any atom is -0.507 e. The van der Waals surface area contributed by atoms with Crippen LogP contribution in [0.5, 0.6) is 5.75 Å². The zero-order valence-corrected chi connectivity index (χ0v) is 21.4. The topological polar surface area (TPSA) is 187 Å². The third kappa shape index (κ3) is 3.72. The first-order valence-electron chi connectivity index (χ1n) is 12.6. The van der Waals surface area contributed by atoms with Gasteiger partial charge in [0.2, 0.25) is 11.7 Å². The van der Waals surface area contributed by atoms with Crippen LogP contribution in [0, 0.1) is 23.6 Å². The molecule has 0 radical (unpaired) electrons. The summed E-state index contributed by atoms with van der Waals surface area (Å²) in [5, 5.41) is 45.2. The summed E-state index contributed by atoms with van der Waals surface area (Å²) in [6, 6.07) is 6.31. The fraction of sp³-hybridized carbons (Fsp3) is 0.393. The Kier molecular flexibility index (Phi) is 6.38. The van der Waals surface area contributed by atoms with Gasteiger partial charge in [0.15, 0.2) is 11.4 Å². The van der Waals surface area contributed by atoms with Crippen LogP contribution >= 0.6 is 0 Å². The molecule has 39 heavy (non-hydrogen) atoms. The number of aromatic hydroxyl groups is 1. The molecule has 0 aliphatic heterocycles. The Morgan fingerprint density at radius 1 is 1.18 bits per heavy atom. The number of aliphatic hydroxyl groups is 3. The Morgan fingerprint density at radius 2 is 1.82 bits per heavy atom. The third-order valence-corrected chi connectivity index (χ3v) is 8.54. The molecule has 2 aromatic carbocycles. The standard InChI is InChI=1S/C28H30FN3O7/c1-32(2)21-17-9-12-7-16-15(11-3-5-14(29)6-4-11)8-13(10-30)22(33)19(16)23(34)18(12)25(36)28(17,39)26(37)20(24(21)35)27(31)38/h3-6,8,12,17,20-21,24,33-35,39H,7,9-10,30H2,1-2H3,(H2,31,38)/t12-,17-,20?,21-,24?,28-/m1/s1. The summed E-state index contributed by atoms with van der Waals surface area (Å²) in [6.07, 6.45) is -1.44. The summed E-state index contributed by atoms with van der Waals surface area (Å²) in [4.78, 5) is 41.1. The van der Waals surface area contributed by atoms with Gasteiger partial charge in [0.25, 0.3) is 0 Å². The average Bonchev–Trinajstić information content (AvgIpc) is 2.86. The van der Waals surface area contributed by atoms with Crippen molar-refractivity contribution < 1.29 is 39.2 Å². The summed E-state index contributed by atoms with van der Waals surface area (Å²) in [5.74, 6) is -8.55. The molecule has 5 rings (SSSR count). The van der Waals surface area contributed by atoms with Crippen LogP contribution in [0.1, 0.15) is 23.1 Å². The Bertz CT molecular complexity index is 1440. The molecular weight excluding hydrogens is 509 g/mol. The van der Waals surface area contributed by atoms with Crippen molar-refractivity contribution in [2.75, 3.05) is 14.1 Å². The lowest BCUT2D eigenvalue weighted by atomic mass is 9.54. The number of aliphatic hydroxyl groups excluding tert-OH is 2. The zero-order valence-electron chi connectivity index (χ0n) is 21.4. The van der Waals surface area contributed by atoms with E-state index in [1.165, 1.54) is 17.0 Å². The predicted molar refractivity (Wildman–Crippen MR) is 137 cm³/mol. The molecule has 3 aliphatic carbocycles. The van der Waals surface area contributed by atoms with Crippen molar-refractivity contribution in [3.63, 3.8) is 0 Å². The molecule has 6 atom stereocenters. The van der Waals surface area contributed by atoms with Crippen molar-refractivity contribution in [1.29, 1.82) is 0 Å². The molecule has 206 valence electrons. The number of carbonyl (C=O) groups excluding carboxylic acids is 3. The van der Waals surface area contributed by atoms with Crippen molar-refractivity contribution in [3.8, 4) is 16.9 Å². The van der Waals surface area contributed by atoms with Crippen molar-refractivity contribution in [2.45, 2.75) is 37.1 Å². The van der Waals surface area contributed by atoms with E-state index in [9.17, 15) is 39.2 Å². The molecule has 2 saturated carbocycles. The van der Waals surface area contributed by atoms with Gasteiger partial charge in [0.1, 0.15) is 23.2 Å². The highest BCUT2D eigenvalue weighted by atomic mass is 19.1. The molecule has 0 heterocycles. The van der Waals surface area contributed by atoms with Crippen LogP contribution in [-0.2, 0) is 27.3 Å². The second-order valence-corrected chi connectivity index (χ2v) is 10.8. The number of phenolic OH excluding ortho intramolecular Hbond substituents is 1. The van der Waals surface area contributed by atoms with Crippen LogP contribution in [0.4, 0.5) is 4.39 Å².